The van der Waals surface area contributed by atoms with Gasteiger partial charge in [-0.3, -0.25) is 9.97 Å². The van der Waals surface area contributed by atoms with Crippen molar-refractivity contribution in [3.8, 4) is 22.5 Å². The Balaban J connectivity index is 1.65. The van der Waals surface area contributed by atoms with Crippen LogP contribution in [0.4, 0.5) is 5.82 Å². The van der Waals surface area contributed by atoms with Crippen molar-refractivity contribution in [3.05, 3.63) is 97.1 Å². The summed E-state index contributed by atoms with van der Waals surface area (Å²) < 4.78 is 36.9. The lowest BCUT2D eigenvalue weighted by molar-refractivity contribution is -0.315. The van der Waals surface area contributed by atoms with Crippen LogP contribution in [0.15, 0.2) is 96.3 Å². The van der Waals surface area contributed by atoms with Gasteiger partial charge in [0, 0.05) is 31.9 Å². The number of aromatic nitrogens is 4. The molecule has 192 valence electrons. The molecule has 13 heteroatoms. The third-order valence-electron chi connectivity index (χ3n) is 5.48. The molecule has 0 unspecified atom stereocenters. The highest BCUT2D eigenvalue weighted by atomic mass is 32.2. The fourth-order valence-corrected chi connectivity index (χ4v) is 5.94. The van der Waals surface area contributed by atoms with Gasteiger partial charge in [-0.25, -0.2) is 18.4 Å². The van der Waals surface area contributed by atoms with Gasteiger partial charge in [-0.05, 0) is 35.4 Å². The van der Waals surface area contributed by atoms with Gasteiger partial charge in [0.05, 0.1) is 23.1 Å². The molecular weight excluding hydrogens is 527 g/mol. The monoisotopic (exact) mass is 546 g/mol. The van der Waals surface area contributed by atoms with Crippen molar-refractivity contribution in [1.29, 1.82) is 0 Å². The lowest BCUT2D eigenvalue weighted by atomic mass is 10.0. The van der Waals surface area contributed by atoms with Crippen molar-refractivity contribution < 1.29 is 22.8 Å². The van der Waals surface area contributed by atoms with Gasteiger partial charge in [-0.1, -0.05) is 48.5 Å². The summed E-state index contributed by atoms with van der Waals surface area (Å²) in [6.45, 7) is 0.356. The molecule has 5 rings (SSSR count). The standard InChI is InChI=1S/C25H21N6O5PS/c32-37(33,34)31-38(35,36)20-13-18(14-26-16-20)24-29-22-11-6-10-21(17-7-2-1-3-8-17)23(22)25(30-24)28-15-19-9-4-5-12-27-19/h1-14,16H,15H2,(H,28,29,30)(H3,31,32,33,34)/p-2. The smallest absolute Gasteiger partial charge is 0.246 e. The molecule has 3 aromatic heterocycles. The zero-order valence-corrected chi connectivity index (χ0v) is 21.3. The Morgan fingerprint density at radius 2 is 1.66 bits per heavy atom. The molecule has 0 saturated heterocycles. The molecule has 0 aliphatic carbocycles. The van der Waals surface area contributed by atoms with Gasteiger partial charge in [0.25, 0.3) is 0 Å². The number of nitrogens with one attached hydrogen (secondary N) is 2. The summed E-state index contributed by atoms with van der Waals surface area (Å²) in [7, 11) is -10.2. The van der Waals surface area contributed by atoms with Crippen LogP contribution < -0.4 is 19.6 Å². The van der Waals surface area contributed by atoms with Crippen LogP contribution in [0.3, 0.4) is 0 Å². The quantitative estimate of drug-likeness (QED) is 0.275. The first kappa shape index (κ1) is 25.6. The number of nitrogens with zero attached hydrogens (tertiary/aromatic N) is 4. The van der Waals surface area contributed by atoms with E-state index in [1.54, 1.807) is 12.3 Å². The number of rotatable bonds is 8. The fourth-order valence-electron chi connectivity index (χ4n) is 3.86. The molecule has 38 heavy (non-hydrogen) atoms. The molecule has 0 bridgehead atoms. The maximum atomic E-state index is 12.4. The maximum absolute atomic E-state index is 12.4. The second kappa shape index (κ2) is 10.4. The van der Waals surface area contributed by atoms with E-state index in [2.05, 4.69) is 25.3 Å². The molecule has 5 aromatic rings. The number of benzene rings is 2. The molecule has 0 saturated carbocycles. The van der Waals surface area contributed by atoms with Gasteiger partial charge in [0.2, 0.25) is 10.0 Å². The van der Waals surface area contributed by atoms with E-state index in [9.17, 15) is 22.8 Å². The highest BCUT2D eigenvalue weighted by Gasteiger charge is 2.19. The van der Waals surface area contributed by atoms with Crippen LogP contribution in [0.2, 0.25) is 0 Å². The lowest BCUT2D eigenvalue weighted by Gasteiger charge is -2.29. The first-order chi connectivity index (χ1) is 18.2. The summed E-state index contributed by atoms with van der Waals surface area (Å²) in [6.07, 6.45) is 3.96. The Kier molecular flexibility index (Phi) is 6.98. The zero-order valence-electron chi connectivity index (χ0n) is 19.6. The Morgan fingerprint density at radius 3 is 2.39 bits per heavy atom. The topological polar surface area (TPSA) is 173 Å². The number of hydrogen-bond donors (Lipinski definition) is 2. The first-order valence-electron chi connectivity index (χ1n) is 11.2. The minimum atomic E-state index is -5.57. The predicted octanol–water partition coefficient (Wildman–Crippen LogP) is 2.47. The SMILES string of the molecule is O=P([O-])([O-])NS(=O)(=O)c1cncc(-c2nc(NCc3ccccn3)c3c(-c4ccccc4)cccc3n2)c1. The molecule has 0 radical (unpaired) electrons. The van der Waals surface area contributed by atoms with Gasteiger partial charge >= 0.3 is 0 Å². The van der Waals surface area contributed by atoms with Crippen molar-refractivity contribution in [2.45, 2.75) is 11.4 Å². The van der Waals surface area contributed by atoms with Gasteiger partial charge < -0.3 is 19.7 Å². The number of fused-ring (bicyclic) bond motifs is 1. The summed E-state index contributed by atoms with van der Waals surface area (Å²) in [5.41, 5.74) is 3.40. The molecular formula is C25H19N6O5PS-2. The average molecular weight is 547 g/mol. The average Bonchev–Trinajstić information content (AvgIpc) is 2.91. The minimum absolute atomic E-state index is 0.142. The van der Waals surface area contributed by atoms with Gasteiger partial charge in [-0.15, -0.1) is 0 Å². The normalized spacial score (nSPS) is 11.9. The van der Waals surface area contributed by atoms with E-state index in [-0.39, 0.29) is 11.4 Å². The van der Waals surface area contributed by atoms with Crippen molar-refractivity contribution in [2.75, 3.05) is 5.32 Å². The molecule has 3 heterocycles. The minimum Gasteiger partial charge on any atom is -0.799 e. The summed E-state index contributed by atoms with van der Waals surface area (Å²) in [6, 6.07) is 22.0. The van der Waals surface area contributed by atoms with Crippen molar-refractivity contribution in [1.82, 2.24) is 24.4 Å². The van der Waals surface area contributed by atoms with E-state index in [1.807, 2.05) is 60.7 Å². The van der Waals surface area contributed by atoms with Crippen LogP contribution in [0, 0.1) is 0 Å². The molecule has 0 atom stereocenters. The van der Waals surface area contributed by atoms with E-state index in [0.29, 0.717) is 17.9 Å². The summed E-state index contributed by atoms with van der Waals surface area (Å²) in [4.78, 5) is 39.1. The first-order valence-corrected chi connectivity index (χ1v) is 14.2. The van der Waals surface area contributed by atoms with E-state index in [1.165, 1.54) is 6.20 Å². The van der Waals surface area contributed by atoms with E-state index in [4.69, 9.17) is 0 Å². The third-order valence-corrected chi connectivity index (χ3v) is 8.18. The molecule has 0 spiro atoms. The van der Waals surface area contributed by atoms with Crippen LogP contribution in [-0.2, 0) is 21.1 Å². The fraction of sp³-hybridized carbons (Fsp3) is 0.0400. The van der Waals surface area contributed by atoms with Gasteiger partial charge in [0.1, 0.15) is 10.7 Å². The van der Waals surface area contributed by atoms with Gasteiger partial charge in [0.15, 0.2) is 5.82 Å². The molecule has 11 nitrogen and oxygen atoms in total. The maximum Gasteiger partial charge on any atom is 0.246 e. The second-order valence-corrected chi connectivity index (χ2v) is 11.3. The summed E-state index contributed by atoms with van der Waals surface area (Å²) >= 11 is 0. The highest BCUT2D eigenvalue weighted by molar-refractivity contribution is 7.94. The summed E-state index contributed by atoms with van der Waals surface area (Å²) in [5.74, 6) is 0.619. The van der Waals surface area contributed by atoms with E-state index < -0.39 is 22.7 Å². The molecule has 2 N–H and O–H groups in total. The number of sulfonamides is 1. The molecule has 0 fully saturated rings. The molecule has 0 amide bonds. The largest absolute Gasteiger partial charge is 0.799 e. The van der Waals surface area contributed by atoms with E-state index in [0.717, 1.165) is 39.0 Å². The van der Waals surface area contributed by atoms with Gasteiger partial charge in [-0.2, -0.15) is 4.49 Å². The predicted molar refractivity (Wildman–Crippen MR) is 138 cm³/mol. The third kappa shape index (κ3) is 5.75. The van der Waals surface area contributed by atoms with Crippen LogP contribution >= 0.6 is 7.75 Å². The Morgan fingerprint density at radius 1 is 0.868 bits per heavy atom. The molecule has 0 aliphatic heterocycles. The number of pyridine rings is 2. The second-order valence-electron chi connectivity index (χ2n) is 8.14. The Labute approximate surface area is 217 Å². The van der Waals surface area contributed by atoms with Crippen molar-refractivity contribution >= 4 is 34.5 Å². The zero-order chi connectivity index (χ0) is 26.8. The Bertz CT molecular complexity index is 1770. The molecule has 0 aliphatic rings. The van der Waals surface area contributed by atoms with Crippen LogP contribution in [0.25, 0.3) is 33.4 Å². The Hall–Kier alpha value is -4.06. The lowest BCUT2D eigenvalue weighted by Crippen LogP contribution is -2.32. The van der Waals surface area contributed by atoms with Crippen LogP contribution in [-0.4, -0.2) is 28.4 Å². The number of anilines is 1. The van der Waals surface area contributed by atoms with Crippen LogP contribution in [0.1, 0.15) is 5.69 Å². The highest BCUT2D eigenvalue weighted by Crippen LogP contribution is 2.34. The van der Waals surface area contributed by atoms with Crippen LogP contribution in [0.5, 0.6) is 0 Å². The van der Waals surface area contributed by atoms with Crippen molar-refractivity contribution in [2.24, 2.45) is 0 Å². The molecule has 2 aromatic carbocycles. The van der Waals surface area contributed by atoms with E-state index >= 15 is 0 Å². The summed E-state index contributed by atoms with van der Waals surface area (Å²) in [5, 5.41) is 4.06. The van der Waals surface area contributed by atoms with Crippen molar-refractivity contribution in [3.63, 3.8) is 0 Å². The number of hydrogen-bond acceptors (Lipinski definition) is 10.